The number of halogens is 1. The topological polar surface area (TPSA) is 85.8 Å². The Hall–Kier alpha value is -2.71. The van der Waals surface area contributed by atoms with Crippen molar-refractivity contribution in [2.75, 3.05) is 4.72 Å². The molecule has 0 saturated carbocycles. The highest BCUT2D eigenvalue weighted by atomic mass is 35.5. The smallest absolute Gasteiger partial charge is 0.358 e. The number of carbonyl (C=O) groups excluding carboxylic acids is 2. The third kappa shape index (κ3) is 4.15. The van der Waals surface area contributed by atoms with Crippen molar-refractivity contribution < 1.29 is 9.59 Å². The van der Waals surface area contributed by atoms with Gasteiger partial charge in [0, 0.05) is 16.5 Å². The first-order valence-corrected chi connectivity index (χ1v) is 7.57. The van der Waals surface area contributed by atoms with Crippen LogP contribution in [0, 0.1) is 11.3 Å². The quantitative estimate of drug-likeness (QED) is 0.695. The molecule has 0 spiro atoms. The number of benzene rings is 2. The van der Waals surface area contributed by atoms with E-state index in [4.69, 9.17) is 26.5 Å². The fourth-order valence-corrected chi connectivity index (χ4v) is 2.80. The van der Waals surface area contributed by atoms with Crippen LogP contribution in [0.4, 0.5) is 5.69 Å². The van der Waals surface area contributed by atoms with Crippen molar-refractivity contribution >= 4 is 46.3 Å². The minimum Gasteiger partial charge on any atom is -0.358 e. The lowest BCUT2D eigenvalue weighted by Crippen LogP contribution is -1.88. The van der Waals surface area contributed by atoms with Crippen molar-refractivity contribution in [1.82, 2.24) is 4.98 Å². The molecule has 0 aliphatic heterocycles. The van der Waals surface area contributed by atoms with Gasteiger partial charge in [-0.2, -0.15) is 14.9 Å². The molecule has 1 aromatic heterocycles. The second-order valence-electron chi connectivity index (χ2n) is 4.29. The molecule has 3 rings (SSSR count). The monoisotopic (exact) mass is 343 g/mol. The maximum Gasteiger partial charge on any atom is 0.373 e. The molecule has 0 amide bonds. The molecule has 2 aromatic carbocycles. The lowest BCUT2D eigenvalue weighted by atomic mass is 10.2. The van der Waals surface area contributed by atoms with Gasteiger partial charge in [-0.1, -0.05) is 23.7 Å². The van der Waals surface area contributed by atoms with Gasteiger partial charge in [-0.3, -0.25) is 0 Å². The third-order valence-electron chi connectivity index (χ3n) is 2.93. The highest BCUT2D eigenvalue weighted by molar-refractivity contribution is 8.00. The number of hydrogen-bond donors (Lipinski definition) is 2. The molecule has 0 fully saturated rings. The summed E-state index contributed by atoms with van der Waals surface area (Å²) in [6.45, 7) is 0. The van der Waals surface area contributed by atoms with Gasteiger partial charge in [0.1, 0.15) is 0 Å². The Kier molecular flexibility index (Phi) is 5.84. The van der Waals surface area contributed by atoms with Gasteiger partial charge in [0.2, 0.25) is 0 Å². The van der Waals surface area contributed by atoms with E-state index in [0.717, 1.165) is 21.5 Å². The number of H-pyrrole nitrogens is 1. The van der Waals surface area contributed by atoms with Crippen molar-refractivity contribution in [3.8, 4) is 6.07 Å². The number of rotatable bonds is 3. The Balaban J connectivity index is 0.000000595. The summed E-state index contributed by atoms with van der Waals surface area (Å²) in [4.78, 5) is 20.5. The van der Waals surface area contributed by atoms with Gasteiger partial charge < -0.3 is 9.71 Å². The molecule has 0 bridgehead atoms. The molecule has 7 heteroatoms. The van der Waals surface area contributed by atoms with Crippen LogP contribution in [0.3, 0.4) is 0 Å². The van der Waals surface area contributed by atoms with E-state index in [-0.39, 0.29) is 6.15 Å². The summed E-state index contributed by atoms with van der Waals surface area (Å²) >= 11 is 7.59. The van der Waals surface area contributed by atoms with Crippen LogP contribution >= 0.6 is 23.5 Å². The summed E-state index contributed by atoms with van der Waals surface area (Å²) in [5.74, 6) is 0. The van der Waals surface area contributed by atoms with E-state index in [2.05, 4.69) is 15.8 Å². The Labute approximate surface area is 141 Å². The first kappa shape index (κ1) is 16.7. The van der Waals surface area contributed by atoms with Gasteiger partial charge in [0.25, 0.3) is 0 Å². The van der Waals surface area contributed by atoms with E-state index in [1.165, 1.54) is 11.9 Å². The van der Waals surface area contributed by atoms with Crippen molar-refractivity contribution in [1.29, 1.82) is 5.26 Å². The fraction of sp³-hybridized carbons (Fsp3) is 0. The van der Waals surface area contributed by atoms with Crippen LogP contribution in [0.1, 0.15) is 5.56 Å². The third-order valence-corrected chi connectivity index (χ3v) is 4.07. The standard InChI is InChI=1S/C15H10ClN3S.CO2/c16-13-9-18-15-12(13)2-1-3-14(15)19-20-11-6-4-10(8-17)5-7-11;2-1-3/h1-7,9,18-19H;. The van der Waals surface area contributed by atoms with Crippen molar-refractivity contribution in [3.63, 3.8) is 0 Å². The van der Waals surface area contributed by atoms with Crippen LogP contribution in [0.5, 0.6) is 0 Å². The van der Waals surface area contributed by atoms with E-state index in [0.29, 0.717) is 10.6 Å². The second kappa shape index (κ2) is 8.06. The molecule has 0 radical (unpaired) electrons. The van der Waals surface area contributed by atoms with E-state index in [9.17, 15) is 0 Å². The summed E-state index contributed by atoms with van der Waals surface area (Å²) in [5, 5.41) is 10.5. The molecule has 1 heterocycles. The zero-order chi connectivity index (χ0) is 16.7. The van der Waals surface area contributed by atoms with Gasteiger partial charge in [-0.25, -0.2) is 0 Å². The summed E-state index contributed by atoms with van der Waals surface area (Å²) < 4.78 is 3.30. The van der Waals surface area contributed by atoms with Gasteiger partial charge in [-0.15, -0.1) is 0 Å². The normalized spacial score (nSPS) is 9.39. The van der Waals surface area contributed by atoms with Crippen LogP contribution in [-0.2, 0) is 9.59 Å². The highest BCUT2D eigenvalue weighted by Gasteiger charge is 2.05. The number of nitrogens with one attached hydrogen (secondary N) is 2. The molecule has 5 nitrogen and oxygen atoms in total. The van der Waals surface area contributed by atoms with Crippen molar-refractivity contribution in [2.45, 2.75) is 4.90 Å². The maximum atomic E-state index is 8.77. The Morgan fingerprint density at radius 2 is 1.83 bits per heavy atom. The molecule has 3 aromatic rings. The molecule has 0 aliphatic carbocycles. The predicted molar refractivity (Wildman–Crippen MR) is 89.0 cm³/mol. The maximum absolute atomic E-state index is 8.77. The van der Waals surface area contributed by atoms with E-state index in [1.54, 1.807) is 18.3 Å². The van der Waals surface area contributed by atoms with Crippen LogP contribution in [0.25, 0.3) is 10.9 Å². The number of para-hydroxylation sites is 1. The highest BCUT2D eigenvalue weighted by Crippen LogP contribution is 2.31. The number of aromatic amines is 1. The first-order valence-electron chi connectivity index (χ1n) is 6.37. The molecule has 2 N–H and O–H groups in total. The summed E-state index contributed by atoms with van der Waals surface area (Å²) in [6.07, 6.45) is 2.03. The number of fused-ring (bicyclic) bond motifs is 1. The van der Waals surface area contributed by atoms with E-state index >= 15 is 0 Å². The van der Waals surface area contributed by atoms with E-state index < -0.39 is 0 Å². The van der Waals surface area contributed by atoms with Crippen LogP contribution in [0.15, 0.2) is 53.6 Å². The Morgan fingerprint density at radius 3 is 2.48 bits per heavy atom. The largest absolute Gasteiger partial charge is 0.373 e. The van der Waals surface area contributed by atoms with Gasteiger partial charge >= 0.3 is 6.15 Å². The zero-order valence-corrected chi connectivity index (χ0v) is 13.2. The molecule has 114 valence electrons. The van der Waals surface area contributed by atoms with Crippen molar-refractivity contribution in [2.24, 2.45) is 0 Å². The van der Waals surface area contributed by atoms with Crippen molar-refractivity contribution in [3.05, 3.63) is 59.2 Å². The van der Waals surface area contributed by atoms with Gasteiger partial charge in [0.05, 0.1) is 27.9 Å². The molecule has 0 saturated heterocycles. The molecule has 0 atom stereocenters. The predicted octanol–water partition coefficient (Wildman–Crippen LogP) is 4.23. The number of nitrogens with zero attached hydrogens (tertiary/aromatic N) is 1. The fourth-order valence-electron chi connectivity index (χ4n) is 1.92. The van der Waals surface area contributed by atoms with Crippen LogP contribution in [-0.4, -0.2) is 11.1 Å². The van der Waals surface area contributed by atoms with Crippen LogP contribution in [0.2, 0.25) is 5.02 Å². The first-order chi connectivity index (χ1) is 11.2. The summed E-state index contributed by atoms with van der Waals surface area (Å²) in [5.41, 5.74) is 2.62. The minimum atomic E-state index is 0.250. The Bertz CT molecular complexity index is 878. The minimum absolute atomic E-state index is 0.250. The SMILES string of the molecule is N#Cc1ccc(SNc2cccc3c(Cl)c[nH]c23)cc1.O=C=O. The lowest BCUT2D eigenvalue weighted by molar-refractivity contribution is -0.191. The number of nitriles is 1. The van der Waals surface area contributed by atoms with Crippen LogP contribution < -0.4 is 4.72 Å². The number of hydrogen-bond acceptors (Lipinski definition) is 5. The molecule has 23 heavy (non-hydrogen) atoms. The second-order valence-corrected chi connectivity index (χ2v) is 5.58. The number of anilines is 1. The number of aromatic nitrogens is 1. The Morgan fingerprint density at radius 1 is 1.13 bits per heavy atom. The van der Waals surface area contributed by atoms with E-state index in [1.807, 2.05) is 30.3 Å². The molecular formula is C16H10ClN3O2S. The zero-order valence-electron chi connectivity index (χ0n) is 11.7. The average Bonchev–Trinajstić information content (AvgIpc) is 2.96. The average molecular weight is 344 g/mol. The molecular weight excluding hydrogens is 334 g/mol. The van der Waals surface area contributed by atoms with Gasteiger partial charge in [-0.05, 0) is 42.3 Å². The molecule has 0 unspecified atom stereocenters. The molecule has 0 aliphatic rings. The lowest BCUT2D eigenvalue weighted by Gasteiger charge is -2.06. The summed E-state index contributed by atoms with van der Waals surface area (Å²) in [7, 11) is 0. The summed E-state index contributed by atoms with van der Waals surface area (Å²) in [6, 6.07) is 15.5. The van der Waals surface area contributed by atoms with Gasteiger partial charge in [0.15, 0.2) is 0 Å².